The van der Waals surface area contributed by atoms with Crippen molar-refractivity contribution in [2.75, 3.05) is 13.1 Å². The molecule has 1 amide bonds. The van der Waals surface area contributed by atoms with Crippen molar-refractivity contribution in [1.29, 1.82) is 0 Å². The Morgan fingerprint density at radius 2 is 2.05 bits per heavy atom. The van der Waals surface area contributed by atoms with E-state index in [2.05, 4.69) is 10.6 Å². The molecule has 198 valence electrons. The molecule has 9 nitrogen and oxygen atoms in total. The number of aromatic nitrogens is 2. The molecular formula is C28H29FN4O5. The number of pyridine rings is 2. The standard InChI is InChI=1S/C28H29FN4O5/c1-4-28(37)17-8-21-25-15(11-33(21)26(35)16(17)12-38-27(28)36)24-19(31-22(34)10-30-5-2)7-6-14-13(3)18(29)9-20(32-25)23(14)24/h8-9,19,30,37H,4-7,10-12H2,1-3H3,(H,31,34)/t19-,28-/m0/s1. The second kappa shape index (κ2) is 8.71. The van der Waals surface area contributed by atoms with E-state index < -0.39 is 11.6 Å². The van der Waals surface area contributed by atoms with Gasteiger partial charge >= 0.3 is 5.97 Å². The minimum Gasteiger partial charge on any atom is -0.458 e. The monoisotopic (exact) mass is 520 g/mol. The first-order valence-corrected chi connectivity index (χ1v) is 13.0. The average Bonchev–Trinajstić information content (AvgIpc) is 3.27. The lowest BCUT2D eigenvalue weighted by Gasteiger charge is -2.31. The number of aliphatic hydroxyl groups is 1. The van der Waals surface area contributed by atoms with Gasteiger partial charge in [0, 0.05) is 22.6 Å². The van der Waals surface area contributed by atoms with E-state index in [0.29, 0.717) is 41.9 Å². The van der Waals surface area contributed by atoms with Crippen molar-refractivity contribution in [3.63, 3.8) is 0 Å². The van der Waals surface area contributed by atoms with Crippen LogP contribution in [0.2, 0.25) is 0 Å². The predicted octanol–water partition coefficient (Wildman–Crippen LogP) is 2.24. The molecule has 3 N–H and O–H groups in total. The Hall–Kier alpha value is -3.63. The van der Waals surface area contributed by atoms with Gasteiger partial charge in [0.15, 0.2) is 5.60 Å². The van der Waals surface area contributed by atoms with Gasteiger partial charge in [0.05, 0.1) is 41.6 Å². The van der Waals surface area contributed by atoms with Crippen LogP contribution < -0.4 is 16.2 Å². The fraction of sp³-hybridized carbons (Fsp3) is 0.429. The maximum absolute atomic E-state index is 15.0. The van der Waals surface area contributed by atoms with E-state index in [1.807, 2.05) is 6.92 Å². The van der Waals surface area contributed by atoms with Crippen LogP contribution in [-0.2, 0) is 39.5 Å². The lowest BCUT2D eigenvalue weighted by atomic mass is 9.81. The summed E-state index contributed by atoms with van der Waals surface area (Å²) in [5.41, 5.74) is 2.61. The van der Waals surface area contributed by atoms with E-state index >= 15 is 0 Å². The number of carbonyl (C=O) groups is 2. The molecule has 0 unspecified atom stereocenters. The maximum atomic E-state index is 15.0. The Balaban J connectivity index is 1.60. The summed E-state index contributed by atoms with van der Waals surface area (Å²) >= 11 is 0. The van der Waals surface area contributed by atoms with Crippen molar-refractivity contribution < 1.29 is 23.8 Å². The van der Waals surface area contributed by atoms with Crippen molar-refractivity contribution >= 4 is 22.8 Å². The molecule has 0 radical (unpaired) electrons. The molecule has 2 aliphatic heterocycles. The second-order valence-electron chi connectivity index (χ2n) is 10.3. The number of nitrogens with one attached hydrogen (secondary N) is 2. The molecule has 4 heterocycles. The summed E-state index contributed by atoms with van der Waals surface area (Å²) in [5.74, 6) is -1.29. The number of amides is 1. The van der Waals surface area contributed by atoms with Crippen LogP contribution in [0.1, 0.15) is 66.1 Å². The number of likely N-dealkylation sites (N-methyl/N-ethyl adjacent to an activating group) is 1. The summed E-state index contributed by atoms with van der Waals surface area (Å²) in [7, 11) is 0. The zero-order valence-electron chi connectivity index (χ0n) is 21.5. The van der Waals surface area contributed by atoms with E-state index in [9.17, 15) is 23.9 Å². The Labute approximate surface area is 218 Å². The van der Waals surface area contributed by atoms with E-state index in [1.54, 1.807) is 24.5 Å². The first kappa shape index (κ1) is 24.7. The molecule has 3 aliphatic rings. The zero-order valence-corrected chi connectivity index (χ0v) is 21.5. The van der Waals surface area contributed by atoms with Crippen LogP contribution in [0.3, 0.4) is 0 Å². The number of hydrogen-bond acceptors (Lipinski definition) is 7. The third-order valence-corrected chi connectivity index (χ3v) is 8.25. The van der Waals surface area contributed by atoms with Gasteiger partial charge in [-0.1, -0.05) is 13.8 Å². The molecule has 2 atom stereocenters. The Bertz CT molecular complexity index is 1610. The maximum Gasteiger partial charge on any atom is 0.343 e. The number of rotatable bonds is 5. The van der Waals surface area contributed by atoms with Gasteiger partial charge in [0.1, 0.15) is 12.4 Å². The third kappa shape index (κ3) is 3.36. The van der Waals surface area contributed by atoms with Gasteiger partial charge in [-0.05, 0) is 55.5 Å². The van der Waals surface area contributed by atoms with Gasteiger partial charge in [0.25, 0.3) is 5.56 Å². The summed E-state index contributed by atoms with van der Waals surface area (Å²) in [6.07, 6.45) is 1.21. The number of carbonyl (C=O) groups excluding carboxylic acids is 2. The van der Waals surface area contributed by atoms with Crippen LogP contribution in [0.4, 0.5) is 4.39 Å². The molecule has 0 bridgehead atoms. The molecule has 10 heteroatoms. The molecule has 0 saturated carbocycles. The average molecular weight is 521 g/mol. The van der Waals surface area contributed by atoms with Crippen LogP contribution in [0.25, 0.3) is 22.3 Å². The number of aryl methyl sites for hydroxylation is 1. The number of ether oxygens (including phenoxy) is 1. The largest absolute Gasteiger partial charge is 0.458 e. The number of benzene rings is 1. The Kier molecular flexibility index (Phi) is 5.66. The topological polar surface area (TPSA) is 123 Å². The lowest BCUT2D eigenvalue weighted by molar-refractivity contribution is -0.172. The molecule has 6 rings (SSSR count). The summed E-state index contributed by atoms with van der Waals surface area (Å²) < 4.78 is 21.7. The molecule has 0 fully saturated rings. The fourth-order valence-corrected chi connectivity index (χ4v) is 6.18. The molecular weight excluding hydrogens is 491 g/mol. The second-order valence-corrected chi connectivity index (χ2v) is 10.3. The van der Waals surface area contributed by atoms with E-state index in [0.717, 1.165) is 22.1 Å². The molecule has 38 heavy (non-hydrogen) atoms. The summed E-state index contributed by atoms with van der Waals surface area (Å²) in [5, 5.41) is 18.1. The van der Waals surface area contributed by atoms with Gasteiger partial charge in [0.2, 0.25) is 5.91 Å². The van der Waals surface area contributed by atoms with Crippen molar-refractivity contribution in [3.05, 3.63) is 61.7 Å². The van der Waals surface area contributed by atoms with Gasteiger partial charge < -0.3 is 25.0 Å². The van der Waals surface area contributed by atoms with Crippen LogP contribution in [0.5, 0.6) is 0 Å². The number of esters is 1. The zero-order chi connectivity index (χ0) is 26.9. The first-order valence-electron chi connectivity index (χ1n) is 13.0. The minimum atomic E-state index is -1.94. The van der Waals surface area contributed by atoms with E-state index in [4.69, 9.17) is 9.72 Å². The van der Waals surface area contributed by atoms with Gasteiger partial charge in [-0.2, -0.15) is 0 Å². The van der Waals surface area contributed by atoms with Gasteiger partial charge in [-0.15, -0.1) is 0 Å². The van der Waals surface area contributed by atoms with Crippen molar-refractivity contribution in [2.24, 2.45) is 0 Å². The van der Waals surface area contributed by atoms with E-state index in [1.165, 1.54) is 6.07 Å². The molecule has 0 spiro atoms. The van der Waals surface area contributed by atoms with E-state index in [-0.39, 0.29) is 60.6 Å². The lowest BCUT2D eigenvalue weighted by Crippen LogP contribution is -2.44. The predicted molar refractivity (Wildman–Crippen MR) is 137 cm³/mol. The fourth-order valence-electron chi connectivity index (χ4n) is 6.18. The number of cyclic esters (lactones) is 1. The first-order chi connectivity index (χ1) is 18.2. The van der Waals surface area contributed by atoms with Crippen molar-refractivity contribution in [3.8, 4) is 11.4 Å². The summed E-state index contributed by atoms with van der Waals surface area (Å²) in [6.45, 7) is 6.16. The molecule has 0 saturated heterocycles. The Morgan fingerprint density at radius 1 is 1.26 bits per heavy atom. The van der Waals surface area contributed by atoms with Crippen molar-refractivity contribution in [1.82, 2.24) is 20.2 Å². The quantitative estimate of drug-likeness (QED) is 0.345. The third-order valence-electron chi connectivity index (χ3n) is 8.25. The highest BCUT2D eigenvalue weighted by atomic mass is 19.1. The minimum absolute atomic E-state index is 0.0404. The summed E-state index contributed by atoms with van der Waals surface area (Å²) in [4.78, 5) is 43.7. The smallest absolute Gasteiger partial charge is 0.343 e. The van der Waals surface area contributed by atoms with Crippen molar-refractivity contribution in [2.45, 2.75) is 64.8 Å². The number of hydrogen-bond donors (Lipinski definition) is 3. The highest BCUT2D eigenvalue weighted by molar-refractivity contribution is 5.94. The SMILES string of the molecule is CCNCC(=O)N[C@H]1CCc2c(C)c(F)cc3nc4c(c1c23)Cn1c-4cc2c(c1=O)COC(=O)[C@]2(O)CC. The highest BCUT2D eigenvalue weighted by Gasteiger charge is 2.46. The number of nitrogens with zero attached hydrogens (tertiary/aromatic N) is 2. The summed E-state index contributed by atoms with van der Waals surface area (Å²) in [6, 6.07) is 2.71. The molecule has 3 aromatic rings. The normalized spacial score (nSPS) is 21.1. The highest BCUT2D eigenvalue weighted by Crippen LogP contribution is 2.45. The number of halogens is 1. The molecule has 1 aromatic carbocycles. The van der Waals surface area contributed by atoms with Gasteiger partial charge in [-0.25, -0.2) is 14.2 Å². The van der Waals surface area contributed by atoms with Crippen LogP contribution in [0.15, 0.2) is 16.9 Å². The van der Waals surface area contributed by atoms with Crippen LogP contribution in [-0.4, -0.2) is 39.6 Å². The Morgan fingerprint density at radius 3 is 2.79 bits per heavy atom. The molecule has 2 aromatic heterocycles. The van der Waals surface area contributed by atoms with Gasteiger partial charge in [-0.3, -0.25) is 9.59 Å². The van der Waals surface area contributed by atoms with Crippen LogP contribution >= 0.6 is 0 Å². The van der Waals surface area contributed by atoms with Crippen LogP contribution in [0, 0.1) is 12.7 Å². The number of fused-ring (bicyclic) bond motifs is 5. The molecule has 1 aliphatic carbocycles.